The summed E-state index contributed by atoms with van der Waals surface area (Å²) < 4.78 is 13.3. The largest absolute Gasteiger partial charge is 0.507 e. The molecule has 1 fully saturated rings. The fourth-order valence-electron chi connectivity index (χ4n) is 11.2. The van der Waals surface area contributed by atoms with E-state index in [1.807, 2.05) is 44.2 Å². The summed E-state index contributed by atoms with van der Waals surface area (Å²) in [6.07, 6.45) is 25.1. The zero-order chi connectivity index (χ0) is 44.3. The highest BCUT2D eigenvalue weighted by Crippen LogP contribution is 2.49. The van der Waals surface area contributed by atoms with Crippen LogP contribution in [0.5, 0.6) is 23.3 Å². The molecule has 2 aromatic heterocycles. The SMILES string of the molecule is C=C1CCCCC/C=C2/CCCCC2=C1c1cc(C)cc(-c2cccnc2O[C@@H](C)CC(C)Oc2ncccc2-c2cc(C)cc(-c3c4c(cc5c3CCCC5)CCCC4)c2O)c1O. The molecule has 1 unspecified atom stereocenters. The molecule has 6 nitrogen and oxygen atoms in total. The third-order valence-electron chi connectivity index (χ3n) is 14.2. The Balaban J connectivity index is 0.982. The predicted molar refractivity (Wildman–Crippen MR) is 261 cm³/mol. The van der Waals surface area contributed by atoms with E-state index in [0.29, 0.717) is 29.5 Å². The molecule has 0 spiro atoms. The summed E-state index contributed by atoms with van der Waals surface area (Å²) in [6, 6.07) is 18.7. The van der Waals surface area contributed by atoms with E-state index < -0.39 is 0 Å². The number of benzene rings is 3. The van der Waals surface area contributed by atoms with Crippen molar-refractivity contribution in [2.75, 3.05) is 0 Å². The molecule has 2 heterocycles. The lowest BCUT2D eigenvalue weighted by atomic mass is 9.76. The van der Waals surface area contributed by atoms with E-state index in [-0.39, 0.29) is 18.0 Å². The Morgan fingerprint density at radius 2 is 1.09 bits per heavy atom. The Labute approximate surface area is 381 Å². The van der Waals surface area contributed by atoms with Crippen molar-refractivity contribution < 1.29 is 19.7 Å². The molecule has 0 amide bonds. The molecule has 1 saturated carbocycles. The molecule has 5 aromatic rings. The highest BCUT2D eigenvalue weighted by molar-refractivity contribution is 5.91. The van der Waals surface area contributed by atoms with Crippen molar-refractivity contribution in [3.05, 3.63) is 135 Å². The minimum Gasteiger partial charge on any atom is -0.507 e. The molecule has 2 N–H and O–H groups in total. The maximum atomic E-state index is 12.3. The second-order valence-electron chi connectivity index (χ2n) is 19.2. The maximum absolute atomic E-state index is 12.3. The first-order valence-electron chi connectivity index (χ1n) is 24.3. The maximum Gasteiger partial charge on any atom is 0.221 e. The third kappa shape index (κ3) is 9.03. The first kappa shape index (κ1) is 43.6. The number of phenols is 2. The number of aryl methyl sites for hydroxylation is 4. The molecule has 64 heavy (non-hydrogen) atoms. The lowest BCUT2D eigenvalue weighted by molar-refractivity contribution is 0.125. The molecule has 4 aliphatic carbocycles. The monoisotopic (exact) mass is 855 g/mol. The number of nitrogens with zero attached hydrogens (tertiary/aromatic N) is 2. The van der Waals surface area contributed by atoms with Crippen molar-refractivity contribution in [1.29, 1.82) is 0 Å². The van der Waals surface area contributed by atoms with E-state index in [4.69, 9.17) is 19.4 Å². The van der Waals surface area contributed by atoms with Crippen molar-refractivity contribution in [3.63, 3.8) is 0 Å². The van der Waals surface area contributed by atoms with E-state index in [2.05, 4.69) is 50.8 Å². The number of rotatable bonds is 10. The zero-order valence-corrected chi connectivity index (χ0v) is 38.6. The number of aromatic nitrogens is 2. The fourth-order valence-corrected chi connectivity index (χ4v) is 11.2. The molecule has 3 aromatic carbocycles. The predicted octanol–water partition coefficient (Wildman–Crippen LogP) is 14.7. The Morgan fingerprint density at radius 3 is 1.72 bits per heavy atom. The van der Waals surface area contributed by atoms with Crippen LogP contribution in [0.3, 0.4) is 0 Å². The fraction of sp³-hybridized carbons (Fsp3) is 0.414. The van der Waals surface area contributed by atoms with E-state index in [0.717, 1.165) is 114 Å². The van der Waals surface area contributed by atoms with Crippen LogP contribution in [0.1, 0.15) is 143 Å². The molecule has 9 rings (SSSR count). The number of aromatic hydroxyl groups is 2. The smallest absolute Gasteiger partial charge is 0.221 e. The highest BCUT2D eigenvalue weighted by Gasteiger charge is 2.28. The summed E-state index contributed by atoms with van der Waals surface area (Å²) in [4.78, 5) is 9.48. The second-order valence-corrected chi connectivity index (χ2v) is 19.2. The Bertz CT molecular complexity index is 2600. The molecule has 2 atom stereocenters. The quantitative estimate of drug-likeness (QED) is 0.146. The van der Waals surface area contributed by atoms with Crippen LogP contribution < -0.4 is 9.47 Å². The normalized spacial score (nSPS) is 18.5. The van der Waals surface area contributed by atoms with Gasteiger partial charge in [-0.2, -0.15) is 0 Å². The summed E-state index contributed by atoms with van der Waals surface area (Å²) in [5, 5.41) is 24.6. The van der Waals surface area contributed by atoms with Gasteiger partial charge in [0.05, 0.1) is 0 Å². The van der Waals surface area contributed by atoms with Gasteiger partial charge in [-0.1, -0.05) is 25.1 Å². The lowest BCUT2D eigenvalue weighted by Crippen LogP contribution is -2.23. The van der Waals surface area contributed by atoms with Gasteiger partial charge in [0.1, 0.15) is 23.7 Å². The third-order valence-corrected chi connectivity index (χ3v) is 14.2. The van der Waals surface area contributed by atoms with Gasteiger partial charge in [0.25, 0.3) is 0 Å². The van der Waals surface area contributed by atoms with Crippen molar-refractivity contribution in [2.45, 2.75) is 155 Å². The number of allylic oxidation sites excluding steroid dienone is 5. The van der Waals surface area contributed by atoms with Crippen LogP contribution >= 0.6 is 0 Å². The van der Waals surface area contributed by atoms with Crippen LogP contribution in [0.15, 0.2) is 96.4 Å². The lowest BCUT2D eigenvalue weighted by Gasteiger charge is -2.28. The van der Waals surface area contributed by atoms with E-state index in [9.17, 15) is 10.2 Å². The van der Waals surface area contributed by atoms with Gasteiger partial charge in [-0.05, 0) is 240 Å². The number of pyridine rings is 2. The van der Waals surface area contributed by atoms with Gasteiger partial charge in [-0.15, -0.1) is 0 Å². The van der Waals surface area contributed by atoms with Crippen molar-refractivity contribution in [3.8, 4) is 56.6 Å². The van der Waals surface area contributed by atoms with Crippen LogP contribution in [0, 0.1) is 13.8 Å². The summed E-state index contributed by atoms with van der Waals surface area (Å²) in [7, 11) is 0. The number of hydrogen-bond acceptors (Lipinski definition) is 6. The van der Waals surface area contributed by atoms with Crippen LogP contribution in [0.25, 0.3) is 39.0 Å². The van der Waals surface area contributed by atoms with Gasteiger partial charge in [-0.3, -0.25) is 0 Å². The number of fused-ring (bicyclic) bond motifs is 3. The van der Waals surface area contributed by atoms with Gasteiger partial charge in [0.15, 0.2) is 0 Å². The first-order chi connectivity index (χ1) is 31.1. The minimum absolute atomic E-state index is 0.246. The van der Waals surface area contributed by atoms with Crippen LogP contribution in [-0.4, -0.2) is 32.4 Å². The summed E-state index contributed by atoms with van der Waals surface area (Å²) in [5.41, 5.74) is 19.0. The van der Waals surface area contributed by atoms with Gasteiger partial charge in [0.2, 0.25) is 11.8 Å². The van der Waals surface area contributed by atoms with Crippen LogP contribution in [0.4, 0.5) is 0 Å². The van der Waals surface area contributed by atoms with Gasteiger partial charge in [0, 0.05) is 52.2 Å². The topological polar surface area (TPSA) is 84.7 Å². The average molecular weight is 855 g/mol. The molecular weight excluding hydrogens is 789 g/mol. The molecule has 332 valence electrons. The minimum atomic E-state index is -0.283. The molecule has 0 aliphatic heterocycles. The van der Waals surface area contributed by atoms with Crippen molar-refractivity contribution in [1.82, 2.24) is 9.97 Å². The van der Waals surface area contributed by atoms with Crippen LogP contribution in [0.2, 0.25) is 0 Å². The first-order valence-corrected chi connectivity index (χ1v) is 24.3. The Morgan fingerprint density at radius 1 is 0.578 bits per heavy atom. The number of hydrogen-bond donors (Lipinski definition) is 2. The molecule has 4 aliphatic rings. The summed E-state index contributed by atoms with van der Waals surface area (Å²) in [6.45, 7) is 12.9. The zero-order valence-electron chi connectivity index (χ0n) is 38.6. The van der Waals surface area contributed by atoms with Crippen molar-refractivity contribution >= 4 is 5.57 Å². The summed E-state index contributed by atoms with van der Waals surface area (Å²) in [5.74, 6) is 1.49. The number of ether oxygens (including phenoxy) is 2. The second kappa shape index (κ2) is 19.2. The van der Waals surface area contributed by atoms with E-state index in [1.54, 1.807) is 12.4 Å². The highest BCUT2D eigenvalue weighted by atomic mass is 16.5. The number of phenolic OH excluding ortho intramolecular Hbond substituents is 2. The Kier molecular flexibility index (Phi) is 13.1. The molecule has 0 saturated heterocycles. The molecular formula is C58H66N2O4. The molecule has 0 bridgehead atoms. The molecule has 0 radical (unpaired) electrons. The van der Waals surface area contributed by atoms with Crippen molar-refractivity contribution in [2.24, 2.45) is 0 Å². The Hall–Kier alpha value is -5.62. The standard InChI is InChI=1S/C58H66N2O4/c1-36-30-49(55(61)51(32-36)53-38(3)18-8-6-7-9-19-41-20-10-13-23-44(41)53)47-26-16-28-59-57(47)63-39(4)34-40(5)64-58-48(27-17-29-60-58)50-31-37(2)33-52(56(50)62)54-45-24-14-11-21-42(45)35-43-22-12-15-25-46(43)54/h16-17,19,26-33,35,39-40,61-62H,3,6-15,18,20-25,34H2,1-2,4-5H3/b41-19-,53-44?/t39-,40?/m0/s1. The van der Waals surface area contributed by atoms with Gasteiger partial charge in [-0.25, -0.2) is 9.97 Å². The molecule has 6 heteroatoms. The van der Waals surface area contributed by atoms with E-state index >= 15 is 0 Å². The summed E-state index contributed by atoms with van der Waals surface area (Å²) >= 11 is 0. The van der Waals surface area contributed by atoms with Gasteiger partial charge >= 0.3 is 0 Å². The van der Waals surface area contributed by atoms with Crippen LogP contribution in [-0.2, 0) is 25.7 Å². The van der Waals surface area contributed by atoms with E-state index in [1.165, 1.54) is 83.9 Å². The average Bonchev–Trinajstić information content (AvgIpc) is 3.29. The van der Waals surface area contributed by atoms with Gasteiger partial charge < -0.3 is 19.7 Å².